The minimum Gasteiger partial charge on any atom is -0.396 e. The van der Waals surface area contributed by atoms with Crippen molar-refractivity contribution in [2.45, 2.75) is 26.2 Å². The summed E-state index contributed by atoms with van der Waals surface area (Å²) < 4.78 is 18.5. The van der Waals surface area contributed by atoms with Gasteiger partial charge in [-0.25, -0.2) is 4.39 Å². The average Bonchev–Trinajstić information content (AvgIpc) is 2.29. The molecule has 0 spiro atoms. The molecule has 1 unspecified atom stereocenters. The summed E-state index contributed by atoms with van der Waals surface area (Å²) in [5.74, 6) is 0.207. The fourth-order valence-corrected chi connectivity index (χ4v) is 1.67. The van der Waals surface area contributed by atoms with E-state index >= 15 is 0 Å². The van der Waals surface area contributed by atoms with Gasteiger partial charge in [0.15, 0.2) is 0 Å². The summed E-state index contributed by atoms with van der Waals surface area (Å²) in [6.45, 7) is 5.53. The molecule has 0 aliphatic rings. The Morgan fingerprint density at radius 2 is 2.12 bits per heavy atom. The van der Waals surface area contributed by atoms with E-state index in [1.54, 1.807) is 6.07 Å². The third-order valence-corrected chi connectivity index (χ3v) is 2.60. The van der Waals surface area contributed by atoms with Crippen LogP contribution in [0.2, 0.25) is 0 Å². The van der Waals surface area contributed by atoms with Crippen molar-refractivity contribution in [2.24, 2.45) is 5.92 Å². The normalized spacial score (nSPS) is 13.0. The predicted octanol–water partition coefficient (Wildman–Crippen LogP) is 2.96. The maximum atomic E-state index is 13.0. The van der Waals surface area contributed by atoms with Crippen LogP contribution in [0.4, 0.5) is 4.39 Å². The summed E-state index contributed by atoms with van der Waals surface area (Å²) in [5.41, 5.74) is 0.834. The summed E-state index contributed by atoms with van der Waals surface area (Å²) >= 11 is 0. The molecule has 1 aromatic carbocycles. The van der Waals surface area contributed by atoms with Gasteiger partial charge < -0.3 is 9.84 Å². The van der Waals surface area contributed by atoms with Gasteiger partial charge >= 0.3 is 0 Å². The molecule has 1 aromatic rings. The smallest absolute Gasteiger partial charge is 0.123 e. The van der Waals surface area contributed by atoms with Gasteiger partial charge in [0.2, 0.25) is 0 Å². The second kappa shape index (κ2) is 7.41. The van der Waals surface area contributed by atoms with Gasteiger partial charge in [0.25, 0.3) is 0 Å². The molecular formula is C14H21FO2. The van der Waals surface area contributed by atoms with Crippen LogP contribution < -0.4 is 0 Å². The first-order valence-electron chi connectivity index (χ1n) is 6.07. The van der Waals surface area contributed by atoms with E-state index in [9.17, 15) is 9.50 Å². The Balaban J connectivity index is 2.43. The second-order valence-corrected chi connectivity index (χ2v) is 4.69. The molecule has 1 atom stereocenters. The van der Waals surface area contributed by atoms with Crippen molar-refractivity contribution in [3.05, 3.63) is 35.6 Å². The van der Waals surface area contributed by atoms with Crippen molar-refractivity contribution in [3.63, 3.8) is 0 Å². The first-order chi connectivity index (χ1) is 8.13. The molecule has 0 amide bonds. The number of benzene rings is 1. The maximum absolute atomic E-state index is 13.0. The SMILES string of the molecule is CC(C)COCCC(CO)c1cccc(F)c1. The van der Waals surface area contributed by atoms with Gasteiger partial charge in [0.05, 0.1) is 6.61 Å². The topological polar surface area (TPSA) is 29.5 Å². The molecule has 0 radical (unpaired) electrons. The lowest BCUT2D eigenvalue weighted by Gasteiger charge is -2.15. The molecule has 3 heteroatoms. The van der Waals surface area contributed by atoms with Crippen LogP contribution >= 0.6 is 0 Å². The Bertz CT molecular complexity index is 326. The van der Waals surface area contributed by atoms with Crippen LogP contribution in [0.3, 0.4) is 0 Å². The van der Waals surface area contributed by atoms with E-state index in [4.69, 9.17) is 4.74 Å². The van der Waals surface area contributed by atoms with Gasteiger partial charge in [0, 0.05) is 19.1 Å². The van der Waals surface area contributed by atoms with E-state index in [-0.39, 0.29) is 18.3 Å². The molecule has 0 heterocycles. The molecule has 0 saturated carbocycles. The van der Waals surface area contributed by atoms with Crippen molar-refractivity contribution >= 4 is 0 Å². The standard InChI is InChI=1S/C14H21FO2/c1-11(2)10-17-7-6-13(9-16)12-4-3-5-14(15)8-12/h3-5,8,11,13,16H,6-7,9-10H2,1-2H3. The highest BCUT2D eigenvalue weighted by atomic mass is 19.1. The number of hydrogen-bond donors (Lipinski definition) is 1. The highest BCUT2D eigenvalue weighted by Gasteiger charge is 2.11. The van der Waals surface area contributed by atoms with Gasteiger partial charge in [-0.15, -0.1) is 0 Å². The molecule has 0 aromatic heterocycles. The van der Waals surface area contributed by atoms with Crippen LogP contribution in [0.5, 0.6) is 0 Å². The quantitative estimate of drug-likeness (QED) is 0.742. The fraction of sp³-hybridized carbons (Fsp3) is 0.571. The highest BCUT2D eigenvalue weighted by molar-refractivity contribution is 5.20. The van der Waals surface area contributed by atoms with Crippen molar-refractivity contribution < 1.29 is 14.2 Å². The zero-order valence-electron chi connectivity index (χ0n) is 10.5. The second-order valence-electron chi connectivity index (χ2n) is 4.69. The van der Waals surface area contributed by atoms with Crippen LogP contribution in [0.25, 0.3) is 0 Å². The van der Waals surface area contributed by atoms with E-state index < -0.39 is 0 Å². The van der Waals surface area contributed by atoms with Crippen LogP contribution in [0, 0.1) is 11.7 Å². The lowest BCUT2D eigenvalue weighted by atomic mass is 9.97. The van der Waals surface area contributed by atoms with Gasteiger partial charge in [-0.1, -0.05) is 26.0 Å². The highest BCUT2D eigenvalue weighted by Crippen LogP contribution is 2.20. The Labute approximate surface area is 102 Å². The molecule has 0 aliphatic carbocycles. The Morgan fingerprint density at radius 1 is 1.35 bits per heavy atom. The molecule has 96 valence electrons. The van der Waals surface area contributed by atoms with E-state index in [0.29, 0.717) is 18.9 Å². The molecule has 0 bridgehead atoms. The Hall–Kier alpha value is -0.930. The van der Waals surface area contributed by atoms with Gasteiger partial charge in [-0.05, 0) is 30.0 Å². The minimum atomic E-state index is -0.260. The summed E-state index contributed by atoms with van der Waals surface area (Å²) in [6, 6.07) is 6.39. The first kappa shape index (κ1) is 14.1. The summed E-state index contributed by atoms with van der Waals surface area (Å²) in [7, 11) is 0. The van der Waals surface area contributed by atoms with Gasteiger partial charge in [-0.2, -0.15) is 0 Å². The third-order valence-electron chi connectivity index (χ3n) is 2.60. The minimum absolute atomic E-state index is 0.0223. The zero-order chi connectivity index (χ0) is 12.7. The average molecular weight is 240 g/mol. The zero-order valence-corrected chi connectivity index (χ0v) is 10.5. The van der Waals surface area contributed by atoms with Crippen molar-refractivity contribution in [1.82, 2.24) is 0 Å². The summed E-state index contributed by atoms with van der Waals surface area (Å²) in [6.07, 6.45) is 0.715. The lowest BCUT2D eigenvalue weighted by molar-refractivity contribution is 0.0977. The Morgan fingerprint density at radius 3 is 2.71 bits per heavy atom. The molecule has 2 nitrogen and oxygen atoms in total. The number of aliphatic hydroxyl groups is 1. The van der Waals surface area contributed by atoms with E-state index in [0.717, 1.165) is 12.2 Å². The Kier molecular flexibility index (Phi) is 6.16. The molecule has 0 aliphatic heterocycles. The van der Waals surface area contributed by atoms with Crippen LogP contribution in [0.1, 0.15) is 31.7 Å². The van der Waals surface area contributed by atoms with E-state index in [1.165, 1.54) is 12.1 Å². The molecule has 0 fully saturated rings. The molecule has 1 rings (SSSR count). The number of rotatable bonds is 7. The largest absolute Gasteiger partial charge is 0.396 e. The molecular weight excluding hydrogens is 219 g/mol. The van der Waals surface area contributed by atoms with Crippen LogP contribution in [-0.4, -0.2) is 24.9 Å². The van der Waals surface area contributed by atoms with Crippen LogP contribution in [0.15, 0.2) is 24.3 Å². The molecule has 1 N–H and O–H groups in total. The number of aliphatic hydroxyl groups excluding tert-OH is 1. The molecule has 0 saturated heterocycles. The fourth-order valence-electron chi connectivity index (χ4n) is 1.67. The maximum Gasteiger partial charge on any atom is 0.123 e. The number of halogens is 1. The number of hydrogen-bond acceptors (Lipinski definition) is 2. The van der Waals surface area contributed by atoms with E-state index in [2.05, 4.69) is 13.8 Å². The van der Waals surface area contributed by atoms with Gasteiger partial charge in [0.1, 0.15) is 5.82 Å². The predicted molar refractivity (Wildman–Crippen MR) is 66.5 cm³/mol. The lowest BCUT2D eigenvalue weighted by Crippen LogP contribution is -2.10. The van der Waals surface area contributed by atoms with Crippen molar-refractivity contribution in [2.75, 3.05) is 19.8 Å². The summed E-state index contributed by atoms with van der Waals surface area (Å²) in [5, 5.41) is 9.30. The third kappa shape index (κ3) is 5.29. The van der Waals surface area contributed by atoms with Crippen molar-refractivity contribution in [1.29, 1.82) is 0 Å². The van der Waals surface area contributed by atoms with Crippen LogP contribution in [-0.2, 0) is 4.74 Å². The van der Waals surface area contributed by atoms with Crippen molar-refractivity contribution in [3.8, 4) is 0 Å². The first-order valence-corrected chi connectivity index (χ1v) is 6.07. The van der Waals surface area contributed by atoms with Gasteiger partial charge in [-0.3, -0.25) is 0 Å². The molecule has 17 heavy (non-hydrogen) atoms. The van der Waals surface area contributed by atoms with E-state index in [1.807, 2.05) is 6.07 Å². The number of ether oxygens (including phenoxy) is 1. The summed E-state index contributed by atoms with van der Waals surface area (Å²) in [4.78, 5) is 0. The monoisotopic (exact) mass is 240 g/mol.